The van der Waals surface area contributed by atoms with E-state index in [2.05, 4.69) is 19.2 Å². The molecule has 2 nitrogen and oxygen atoms in total. The van der Waals surface area contributed by atoms with E-state index in [0.717, 1.165) is 12.8 Å². The summed E-state index contributed by atoms with van der Waals surface area (Å²) in [7, 11) is 0. The van der Waals surface area contributed by atoms with Gasteiger partial charge in [-0.15, -0.1) is 0 Å². The minimum atomic E-state index is -0.0575. The van der Waals surface area contributed by atoms with Crippen molar-refractivity contribution in [3.63, 3.8) is 0 Å². The Morgan fingerprint density at radius 3 is 2.56 bits per heavy atom. The zero-order chi connectivity index (χ0) is 11.6. The second kappa shape index (κ2) is 5.05. The van der Waals surface area contributed by atoms with Gasteiger partial charge in [0.05, 0.1) is 6.10 Å². The Morgan fingerprint density at radius 2 is 1.88 bits per heavy atom. The van der Waals surface area contributed by atoms with Crippen LogP contribution in [0.15, 0.2) is 0 Å². The van der Waals surface area contributed by atoms with E-state index in [1.54, 1.807) is 0 Å². The van der Waals surface area contributed by atoms with Gasteiger partial charge in [0.2, 0.25) is 0 Å². The van der Waals surface area contributed by atoms with Crippen molar-refractivity contribution < 1.29 is 5.11 Å². The molecule has 2 aliphatic rings. The molecule has 3 atom stereocenters. The minimum Gasteiger partial charge on any atom is -0.393 e. The van der Waals surface area contributed by atoms with Gasteiger partial charge in [0.25, 0.3) is 0 Å². The molecular formula is C14H27NO. The van der Waals surface area contributed by atoms with Gasteiger partial charge in [-0.05, 0) is 43.9 Å². The fourth-order valence-electron chi connectivity index (χ4n) is 3.40. The van der Waals surface area contributed by atoms with Gasteiger partial charge in [0, 0.05) is 12.1 Å². The number of hydrogen-bond acceptors (Lipinski definition) is 2. The van der Waals surface area contributed by atoms with E-state index in [0.29, 0.717) is 17.5 Å². The molecule has 0 heterocycles. The van der Waals surface area contributed by atoms with Crippen LogP contribution in [-0.4, -0.2) is 23.3 Å². The van der Waals surface area contributed by atoms with Crippen LogP contribution in [0.1, 0.15) is 65.2 Å². The number of aliphatic hydroxyl groups is 1. The van der Waals surface area contributed by atoms with Crippen LogP contribution in [0.5, 0.6) is 0 Å². The lowest BCUT2D eigenvalue weighted by Crippen LogP contribution is -2.50. The molecule has 0 amide bonds. The maximum absolute atomic E-state index is 9.70. The molecule has 2 fully saturated rings. The van der Waals surface area contributed by atoms with Crippen molar-refractivity contribution in [3.05, 3.63) is 0 Å². The summed E-state index contributed by atoms with van der Waals surface area (Å²) >= 11 is 0. The molecule has 2 rings (SSSR count). The Hall–Kier alpha value is -0.0800. The van der Waals surface area contributed by atoms with Crippen molar-refractivity contribution in [2.75, 3.05) is 0 Å². The molecular weight excluding hydrogens is 198 g/mol. The van der Waals surface area contributed by atoms with Gasteiger partial charge in [0.1, 0.15) is 0 Å². The Labute approximate surface area is 99.8 Å². The quantitative estimate of drug-likeness (QED) is 0.757. The third-order valence-corrected chi connectivity index (χ3v) is 4.59. The topological polar surface area (TPSA) is 32.3 Å². The predicted molar refractivity (Wildman–Crippen MR) is 67.4 cm³/mol. The summed E-state index contributed by atoms with van der Waals surface area (Å²) in [5.74, 6) is 0. The molecule has 2 saturated carbocycles. The van der Waals surface area contributed by atoms with Gasteiger partial charge in [0.15, 0.2) is 0 Å². The Morgan fingerprint density at radius 1 is 1.06 bits per heavy atom. The molecule has 0 spiro atoms. The lowest BCUT2D eigenvalue weighted by molar-refractivity contribution is 0.0883. The third kappa shape index (κ3) is 2.98. The van der Waals surface area contributed by atoms with E-state index in [4.69, 9.17) is 0 Å². The summed E-state index contributed by atoms with van der Waals surface area (Å²) in [5, 5.41) is 13.5. The molecule has 0 aliphatic heterocycles. The smallest absolute Gasteiger partial charge is 0.0555 e. The first kappa shape index (κ1) is 12.4. The van der Waals surface area contributed by atoms with Crippen LogP contribution in [0.2, 0.25) is 0 Å². The van der Waals surface area contributed by atoms with Crippen LogP contribution < -0.4 is 5.32 Å². The molecule has 2 aliphatic carbocycles. The highest BCUT2D eigenvalue weighted by Gasteiger charge is 2.34. The predicted octanol–water partition coefficient (Wildman–Crippen LogP) is 2.85. The van der Waals surface area contributed by atoms with Crippen molar-refractivity contribution in [2.45, 2.75) is 83.4 Å². The van der Waals surface area contributed by atoms with Gasteiger partial charge in [-0.2, -0.15) is 0 Å². The van der Waals surface area contributed by atoms with E-state index >= 15 is 0 Å². The van der Waals surface area contributed by atoms with Gasteiger partial charge in [-0.3, -0.25) is 0 Å². The number of aliphatic hydroxyl groups excluding tert-OH is 1. The van der Waals surface area contributed by atoms with Crippen molar-refractivity contribution in [1.29, 1.82) is 0 Å². The molecule has 0 saturated heterocycles. The lowest BCUT2D eigenvalue weighted by Gasteiger charge is -2.42. The summed E-state index contributed by atoms with van der Waals surface area (Å²) in [6, 6.07) is 1.22. The van der Waals surface area contributed by atoms with Crippen LogP contribution in [0.3, 0.4) is 0 Å². The maximum atomic E-state index is 9.70. The number of nitrogens with one attached hydrogen (secondary N) is 1. The van der Waals surface area contributed by atoms with E-state index in [1.807, 2.05) is 0 Å². The molecule has 3 unspecified atom stereocenters. The molecule has 0 aromatic heterocycles. The fraction of sp³-hybridized carbons (Fsp3) is 1.00. The largest absolute Gasteiger partial charge is 0.393 e. The normalized spacial score (nSPS) is 39.6. The molecule has 0 aromatic carbocycles. The first-order chi connectivity index (χ1) is 7.58. The van der Waals surface area contributed by atoms with Gasteiger partial charge in [-0.1, -0.05) is 26.7 Å². The highest BCUT2D eigenvalue weighted by molar-refractivity contribution is 4.91. The average molecular weight is 225 g/mol. The number of hydrogen-bond donors (Lipinski definition) is 2. The van der Waals surface area contributed by atoms with Crippen LogP contribution in [0, 0.1) is 5.41 Å². The zero-order valence-corrected chi connectivity index (χ0v) is 10.8. The highest BCUT2D eigenvalue weighted by Crippen LogP contribution is 2.36. The molecule has 94 valence electrons. The summed E-state index contributed by atoms with van der Waals surface area (Å²) in [4.78, 5) is 0. The van der Waals surface area contributed by atoms with Gasteiger partial charge in [-0.25, -0.2) is 0 Å². The summed E-state index contributed by atoms with van der Waals surface area (Å²) < 4.78 is 0. The fourth-order valence-corrected chi connectivity index (χ4v) is 3.40. The second-order valence-electron chi connectivity index (χ2n) is 6.47. The molecule has 0 aromatic rings. The molecule has 2 N–H and O–H groups in total. The molecule has 0 radical (unpaired) electrons. The van der Waals surface area contributed by atoms with Crippen LogP contribution in [0.4, 0.5) is 0 Å². The maximum Gasteiger partial charge on any atom is 0.0555 e. The SMILES string of the molecule is CC1(C)CCCCC1NC1CCCC(O)C1. The van der Waals surface area contributed by atoms with E-state index in [9.17, 15) is 5.11 Å². The van der Waals surface area contributed by atoms with Crippen LogP contribution >= 0.6 is 0 Å². The van der Waals surface area contributed by atoms with E-state index < -0.39 is 0 Å². The van der Waals surface area contributed by atoms with Crippen molar-refractivity contribution >= 4 is 0 Å². The molecule has 0 bridgehead atoms. The van der Waals surface area contributed by atoms with Crippen molar-refractivity contribution in [2.24, 2.45) is 5.41 Å². The van der Waals surface area contributed by atoms with Gasteiger partial charge >= 0.3 is 0 Å². The lowest BCUT2D eigenvalue weighted by atomic mass is 9.72. The van der Waals surface area contributed by atoms with Gasteiger partial charge < -0.3 is 10.4 Å². The zero-order valence-electron chi connectivity index (χ0n) is 10.8. The van der Waals surface area contributed by atoms with E-state index in [1.165, 1.54) is 38.5 Å². The average Bonchev–Trinajstić information content (AvgIpc) is 2.21. The highest BCUT2D eigenvalue weighted by atomic mass is 16.3. The molecule has 2 heteroatoms. The Kier molecular flexibility index (Phi) is 3.91. The first-order valence-electron chi connectivity index (χ1n) is 7.02. The standard InChI is InChI=1S/C14H27NO/c1-14(2)9-4-3-8-13(14)15-11-6-5-7-12(16)10-11/h11-13,15-16H,3-10H2,1-2H3. The Bertz CT molecular complexity index is 227. The minimum absolute atomic E-state index is 0.0575. The summed E-state index contributed by atoms with van der Waals surface area (Å²) in [5.41, 5.74) is 0.445. The van der Waals surface area contributed by atoms with Crippen molar-refractivity contribution in [3.8, 4) is 0 Å². The Balaban J connectivity index is 1.87. The first-order valence-corrected chi connectivity index (χ1v) is 7.02. The monoisotopic (exact) mass is 225 g/mol. The molecule has 16 heavy (non-hydrogen) atoms. The van der Waals surface area contributed by atoms with Crippen molar-refractivity contribution in [1.82, 2.24) is 5.32 Å². The van der Waals surface area contributed by atoms with Crippen LogP contribution in [-0.2, 0) is 0 Å². The second-order valence-corrected chi connectivity index (χ2v) is 6.47. The number of rotatable bonds is 2. The summed E-state index contributed by atoms with van der Waals surface area (Å²) in [6.45, 7) is 4.78. The third-order valence-electron chi connectivity index (χ3n) is 4.59. The van der Waals surface area contributed by atoms with Crippen LogP contribution in [0.25, 0.3) is 0 Å². The summed E-state index contributed by atoms with van der Waals surface area (Å²) in [6.07, 6.45) is 9.78. The van der Waals surface area contributed by atoms with E-state index in [-0.39, 0.29) is 6.10 Å².